The molecule has 1 aromatic heterocycles. The summed E-state index contributed by atoms with van der Waals surface area (Å²) in [6.45, 7) is 7.63. The number of nitrogens with zero attached hydrogens (tertiary/aromatic N) is 3. The number of amides is 2. The number of ether oxygens (including phenoxy) is 1. The van der Waals surface area contributed by atoms with Gasteiger partial charge in [0.25, 0.3) is 0 Å². The molecule has 3 rings (SSSR count). The highest BCUT2D eigenvalue weighted by Crippen LogP contribution is 2.25. The lowest BCUT2D eigenvalue weighted by Gasteiger charge is -2.36. The van der Waals surface area contributed by atoms with Crippen LogP contribution in [-0.4, -0.2) is 58.3 Å². The van der Waals surface area contributed by atoms with Crippen molar-refractivity contribution in [2.75, 3.05) is 19.7 Å². The second kappa shape index (κ2) is 10.9. The Labute approximate surface area is 180 Å². The second-order valence-corrected chi connectivity index (χ2v) is 9.23. The molecule has 0 spiro atoms. The summed E-state index contributed by atoms with van der Waals surface area (Å²) in [5.41, 5.74) is 0. The van der Waals surface area contributed by atoms with Crippen LogP contribution >= 0.6 is 0 Å². The van der Waals surface area contributed by atoms with Gasteiger partial charge in [0.2, 0.25) is 11.8 Å². The summed E-state index contributed by atoms with van der Waals surface area (Å²) in [5.74, 6) is 0.269. The average molecular weight is 419 g/mol. The third-order valence-electron chi connectivity index (χ3n) is 6.55. The summed E-state index contributed by atoms with van der Waals surface area (Å²) in [6, 6.07) is 1.62. The molecule has 2 heterocycles. The highest BCUT2D eigenvalue weighted by Gasteiger charge is 2.34. The number of rotatable bonds is 8. The van der Waals surface area contributed by atoms with Crippen LogP contribution in [0.1, 0.15) is 71.8 Å². The molecular formula is C23H38N4O3. The summed E-state index contributed by atoms with van der Waals surface area (Å²) in [7, 11) is 0. The maximum absolute atomic E-state index is 13.4. The topological polar surface area (TPSA) is 76.5 Å². The van der Waals surface area contributed by atoms with E-state index < -0.39 is 6.04 Å². The number of hydrogen-bond acceptors (Lipinski definition) is 4. The van der Waals surface area contributed by atoms with Gasteiger partial charge in [0.05, 0.1) is 12.1 Å². The first-order valence-electron chi connectivity index (χ1n) is 11.7. The van der Waals surface area contributed by atoms with Crippen LogP contribution in [0.4, 0.5) is 0 Å². The Balaban J connectivity index is 1.58. The predicted octanol–water partition coefficient (Wildman–Crippen LogP) is 3.17. The first kappa shape index (κ1) is 22.8. The van der Waals surface area contributed by atoms with Crippen LogP contribution in [0.3, 0.4) is 0 Å². The number of hydrogen-bond donors (Lipinski definition) is 1. The number of carbonyl (C=O) groups is 2. The summed E-state index contributed by atoms with van der Waals surface area (Å²) in [4.78, 5) is 27.6. The van der Waals surface area contributed by atoms with Gasteiger partial charge in [-0.3, -0.25) is 14.3 Å². The molecule has 7 heteroatoms. The summed E-state index contributed by atoms with van der Waals surface area (Å²) in [5, 5.41) is 7.30. The zero-order valence-electron chi connectivity index (χ0n) is 18.8. The molecule has 0 radical (unpaired) electrons. The van der Waals surface area contributed by atoms with Crippen LogP contribution in [-0.2, 0) is 14.3 Å². The van der Waals surface area contributed by atoms with Gasteiger partial charge in [0, 0.05) is 38.0 Å². The zero-order valence-corrected chi connectivity index (χ0v) is 18.8. The van der Waals surface area contributed by atoms with Crippen LogP contribution < -0.4 is 5.32 Å². The highest BCUT2D eigenvalue weighted by atomic mass is 16.5. The lowest BCUT2D eigenvalue weighted by Crippen LogP contribution is -2.56. The van der Waals surface area contributed by atoms with Crippen molar-refractivity contribution in [1.82, 2.24) is 20.0 Å². The van der Waals surface area contributed by atoms with E-state index in [-0.39, 0.29) is 23.8 Å². The number of nitrogens with one attached hydrogen (secondary N) is 1. The number of aromatic nitrogens is 2. The molecule has 1 saturated carbocycles. The van der Waals surface area contributed by atoms with E-state index in [2.05, 4.69) is 10.4 Å². The minimum Gasteiger partial charge on any atom is -0.376 e. The summed E-state index contributed by atoms with van der Waals surface area (Å²) >= 11 is 0. The number of carbonyl (C=O) groups excluding carboxylic acids is 2. The minimum absolute atomic E-state index is 0.0286. The van der Waals surface area contributed by atoms with E-state index in [1.165, 1.54) is 32.1 Å². The van der Waals surface area contributed by atoms with Gasteiger partial charge in [0.1, 0.15) is 6.04 Å². The normalized spacial score (nSPS) is 20.9. The second-order valence-electron chi connectivity index (χ2n) is 9.23. The van der Waals surface area contributed by atoms with Crippen molar-refractivity contribution >= 4 is 11.8 Å². The van der Waals surface area contributed by atoms with E-state index >= 15 is 0 Å². The monoisotopic (exact) mass is 418 g/mol. The molecule has 1 N–H and O–H groups in total. The molecule has 1 aliphatic heterocycles. The van der Waals surface area contributed by atoms with E-state index in [4.69, 9.17) is 4.74 Å². The predicted molar refractivity (Wildman–Crippen MR) is 116 cm³/mol. The van der Waals surface area contributed by atoms with Gasteiger partial charge in [-0.15, -0.1) is 0 Å². The number of likely N-dealkylation sites (tertiary alicyclic amines) is 1. The molecule has 0 aromatic carbocycles. The van der Waals surface area contributed by atoms with Gasteiger partial charge in [-0.2, -0.15) is 5.10 Å². The van der Waals surface area contributed by atoms with E-state index in [0.717, 1.165) is 12.8 Å². The molecule has 30 heavy (non-hydrogen) atoms. The smallest absolute Gasteiger partial charge is 0.247 e. The number of piperidine rings is 1. The van der Waals surface area contributed by atoms with Crippen LogP contribution in [0.5, 0.6) is 0 Å². The van der Waals surface area contributed by atoms with Gasteiger partial charge in [-0.25, -0.2) is 0 Å². The third kappa shape index (κ3) is 6.06. The van der Waals surface area contributed by atoms with Crippen molar-refractivity contribution < 1.29 is 14.3 Å². The fraction of sp³-hybridized carbons (Fsp3) is 0.783. The molecule has 0 bridgehead atoms. The van der Waals surface area contributed by atoms with Crippen LogP contribution in [0.2, 0.25) is 0 Å². The average Bonchev–Trinajstić information content (AvgIpc) is 3.31. The zero-order chi connectivity index (χ0) is 21.5. The molecule has 2 fully saturated rings. The molecular weight excluding hydrogens is 380 g/mol. The van der Waals surface area contributed by atoms with Crippen molar-refractivity contribution in [2.24, 2.45) is 11.8 Å². The van der Waals surface area contributed by atoms with Crippen molar-refractivity contribution in [3.63, 3.8) is 0 Å². The van der Waals surface area contributed by atoms with Gasteiger partial charge < -0.3 is 15.0 Å². The van der Waals surface area contributed by atoms with E-state index in [1.807, 2.05) is 42.6 Å². The molecule has 2 unspecified atom stereocenters. The molecule has 2 atom stereocenters. The molecule has 1 saturated heterocycles. The van der Waals surface area contributed by atoms with Crippen LogP contribution in [0.15, 0.2) is 18.5 Å². The third-order valence-corrected chi connectivity index (χ3v) is 6.55. The summed E-state index contributed by atoms with van der Waals surface area (Å²) < 4.78 is 8.12. The van der Waals surface area contributed by atoms with Gasteiger partial charge >= 0.3 is 0 Å². The summed E-state index contributed by atoms with van der Waals surface area (Å²) in [6.07, 6.45) is 11.4. The van der Waals surface area contributed by atoms with Crippen molar-refractivity contribution in [3.05, 3.63) is 18.5 Å². The SMILES string of the molecule is CC(C)C(=O)NC(C(=O)N1CCC(n2cccn2)CC1)C(C)OCC1CCCCC1. The van der Waals surface area contributed by atoms with Gasteiger partial charge in [0.15, 0.2) is 0 Å². The maximum atomic E-state index is 13.4. The van der Waals surface area contributed by atoms with Crippen molar-refractivity contribution in [3.8, 4) is 0 Å². The Hall–Kier alpha value is -1.89. The standard InChI is InChI=1S/C23H38N4O3/c1-17(2)22(28)25-21(18(3)30-16-19-8-5-4-6-9-19)23(29)26-14-10-20(11-15-26)27-13-7-12-24-27/h7,12-13,17-21H,4-6,8-11,14-16H2,1-3H3,(H,25,28). The lowest BCUT2D eigenvalue weighted by molar-refractivity contribution is -0.143. The Bertz CT molecular complexity index is 662. The van der Waals surface area contributed by atoms with E-state index in [9.17, 15) is 9.59 Å². The Morgan fingerprint density at radius 3 is 2.40 bits per heavy atom. The lowest BCUT2D eigenvalue weighted by atomic mass is 9.90. The quantitative estimate of drug-likeness (QED) is 0.703. The molecule has 2 aliphatic rings. The first-order chi connectivity index (χ1) is 14.5. The highest BCUT2D eigenvalue weighted by molar-refractivity contribution is 5.88. The van der Waals surface area contributed by atoms with E-state index in [1.54, 1.807) is 6.20 Å². The Morgan fingerprint density at radius 2 is 1.80 bits per heavy atom. The van der Waals surface area contributed by atoms with Crippen molar-refractivity contribution in [2.45, 2.75) is 83.9 Å². The molecule has 1 aliphatic carbocycles. The van der Waals surface area contributed by atoms with Crippen LogP contribution in [0, 0.1) is 11.8 Å². The Kier molecular flexibility index (Phi) is 8.31. The molecule has 1 aromatic rings. The minimum atomic E-state index is -0.634. The molecule has 2 amide bonds. The molecule has 7 nitrogen and oxygen atoms in total. The Morgan fingerprint density at radius 1 is 1.10 bits per heavy atom. The van der Waals surface area contributed by atoms with Crippen molar-refractivity contribution in [1.29, 1.82) is 0 Å². The largest absolute Gasteiger partial charge is 0.376 e. The maximum Gasteiger partial charge on any atom is 0.247 e. The van der Waals surface area contributed by atoms with Gasteiger partial charge in [-0.1, -0.05) is 33.1 Å². The van der Waals surface area contributed by atoms with E-state index in [0.29, 0.717) is 31.7 Å². The van der Waals surface area contributed by atoms with Crippen LogP contribution in [0.25, 0.3) is 0 Å². The fourth-order valence-corrected chi connectivity index (χ4v) is 4.48. The first-order valence-corrected chi connectivity index (χ1v) is 11.7. The van der Waals surface area contributed by atoms with Gasteiger partial charge in [-0.05, 0) is 44.6 Å². The fourth-order valence-electron chi connectivity index (χ4n) is 4.48. The molecule has 168 valence electrons.